The van der Waals surface area contributed by atoms with Gasteiger partial charge in [0.2, 0.25) is 0 Å². The van der Waals surface area contributed by atoms with E-state index in [1.807, 2.05) is 212 Å². The van der Waals surface area contributed by atoms with Gasteiger partial charge in [-0.1, -0.05) is 212 Å². The summed E-state index contributed by atoms with van der Waals surface area (Å²) in [5.41, 5.74) is 6.38. The van der Waals surface area contributed by atoms with E-state index in [4.69, 9.17) is 56.8 Å². The lowest BCUT2D eigenvalue weighted by Crippen LogP contribution is -2.71. The molecule has 0 aromatic heterocycles. The van der Waals surface area contributed by atoms with Crippen molar-refractivity contribution in [2.45, 2.75) is 107 Å². The average Bonchev–Trinajstić information content (AvgIpc) is 3.55. The van der Waals surface area contributed by atoms with Crippen molar-refractivity contribution in [3.8, 4) is 0 Å². The lowest BCUT2D eigenvalue weighted by molar-refractivity contribution is -0.383. The summed E-state index contributed by atoms with van der Waals surface area (Å²) in [6.45, 7) is 0.840. The van der Waals surface area contributed by atoms with Gasteiger partial charge in [-0.05, 0) is 38.9 Å². The summed E-state index contributed by atoms with van der Waals surface area (Å²) in [6, 6.07) is 68.6. The molecule has 0 saturated carbocycles. The number of carbonyl (C=O) groups excluding carboxylic acids is 1. The van der Waals surface area contributed by atoms with Gasteiger partial charge in [0.1, 0.15) is 42.7 Å². The van der Waals surface area contributed by atoms with Crippen molar-refractivity contribution in [3.63, 3.8) is 0 Å². The van der Waals surface area contributed by atoms with Crippen molar-refractivity contribution in [2.75, 3.05) is 27.4 Å². The van der Waals surface area contributed by atoms with Gasteiger partial charge in [-0.3, -0.25) is 0 Å². The van der Waals surface area contributed by atoms with Crippen molar-refractivity contribution in [1.82, 2.24) is 0 Å². The fraction of sp³-hybridized carbons (Fsp3) is 0.328. The third kappa shape index (κ3) is 15.2. The Hall–Kier alpha value is -6.43. The van der Waals surface area contributed by atoms with Gasteiger partial charge in [-0.15, -0.1) is 0 Å². The van der Waals surface area contributed by atoms with Crippen LogP contribution in [0.3, 0.4) is 0 Å². The summed E-state index contributed by atoms with van der Waals surface area (Å²) in [4.78, 5) is 15.2. The van der Waals surface area contributed by atoms with Gasteiger partial charge in [0, 0.05) is 7.11 Å². The Morgan fingerprint density at radius 2 is 0.727 bits per heavy atom. The van der Waals surface area contributed by atoms with Crippen LogP contribution in [0.25, 0.3) is 0 Å². The number of benzene rings is 7. The number of rotatable bonds is 27. The minimum absolute atomic E-state index is 0.0348. The molecule has 9 rings (SSSR count). The summed E-state index contributed by atoms with van der Waals surface area (Å²) in [6.07, 6.45) is -8.72. The summed E-state index contributed by atoms with van der Waals surface area (Å²) >= 11 is 0. The molecule has 13 heteroatoms. The molecular formula is C64H68O13. The van der Waals surface area contributed by atoms with Gasteiger partial charge < -0.3 is 56.8 Å². The van der Waals surface area contributed by atoms with Gasteiger partial charge in [0.25, 0.3) is 5.79 Å². The Labute approximate surface area is 451 Å². The largest absolute Gasteiger partial charge is 0.465 e. The molecular weight excluding hydrogens is 977 g/mol. The molecule has 10 atom stereocenters. The predicted molar refractivity (Wildman–Crippen MR) is 287 cm³/mol. The molecule has 77 heavy (non-hydrogen) atoms. The maximum absolute atomic E-state index is 15.2. The zero-order valence-electron chi connectivity index (χ0n) is 43.6. The van der Waals surface area contributed by atoms with E-state index in [0.29, 0.717) is 0 Å². The van der Waals surface area contributed by atoms with E-state index in [0.717, 1.165) is 38.9 Å². The van der Waals surface area contributed by atoms with E-state index in [1.165, 1.54) is 7.11 Å². The van der Waals surface area contributed by atoms with Crippen molar-refractivity contribution >= 4 is 5.97 Å². The maximum Gasteiger partial charge on any atom is 0.369 e. The minimum atomic E-state index is -2.34. The molecule has 2 saturated heterocycles. The van der Waals surface area contributed by atoms with Crippen LogP contribution < -0.4 is 0 Å². The van der Waals surface area contributed by atoms with Crippen molar-refractivity contribution in [2.24, 2.45) is 0 Å². The van der Waals surface area contributed by atoms with Crippen LogP contribution in [0.15, 0.2) is 212 Å². The van der Waals surface area contributed by atoms with Crippen molar-refractivity contribution in [3.05, 3.63) is 251 Å². The molecule has 0 N–H and O–H groups in total. The average molecular weight is 1050 g/mol. The van der Waals surface area contributed by atoms with Crippen LogP contribution in [0.2, 0.25) is 0 Å². The monoisotopic (exact) mass is 1040 g/mol. The first kappa shape index (κ1) is 55.3. The van der Waals surface area contributed by atoms with Gasteiger partial charge in [-0.25, -0.2) is 4.79 Å². The lowest BCUT2D eigenvalue weighted by Gasteiger charge is -2.51. The number of hydrogen-bond donors (Lipinski definition) is 0. The topological polar surface area (TPSA) is 128 Å². The highest BCUT2D eigenvalue weighted by molar-refractivity contribution is 5.79. The molecule has 0 aliphatic carbocycles. The van der Waals surface area contributed by atoms with Crippen LogP contribution in [0.5, 0.6) is 0 Å². The van der Waals surface area contributed by atoms with Crippen molar-refractivity contribution < 1.29 is 61.6 Å². The molecule has 2 heterocycles. The SMILES string of the molecule is COC(=O)[C@]1(OC[C@H]2O[C@H](OC)[C@H](OCc3ccccc3)[C@@H](OCc3ccccc3)[C@@H]2OCc2ccccc2)O[C@H](COCc2ccccc2)[C@@H](OCc2ccccc2)[C@H](OCc2ccccc2)[C@@H]1OCc1ccccc1. The second-order valence-corrected chi connectivity index (χ2v) is 18.9. The van der Waals surface area contributed by atoms with Gasteiger partial charge >= 0.3 is 5.97 Å². The zero-order valence-corrected chi connectivity index (χ0v) is 43.6. The van der Waals surface area contributed by atoms with Crippen LogP contribution in [0.4, 0.5) is 0 Å². The molecule has 0 bridgehead atoms. The van der Waals surface area contributed by atoms with Gasteiger partial charge in [0.15, 0.2) is 12.4 Å². The number of esters is 1. The van der Waals surface area contributed by atoms with Crippen LogP contribution in [-0.4, -0.2) is 94.3 Å². The highest BCUT2D eigenvalue weighted by Gasteiger charge is 2.64. The molecule has 0 unspecified atom stereocenters. The number of methoxy groups -OCH3 is 2. The summed E-state index contributed by atoms with van der Waals surface area (Å²) in [5.74, 6) is -3.21. The zero-order chi connectivity index (χ0) is 52.9. The number of hydrogen-bond acceptors (Lipinski definition) is 13. The summed E-state index contributed by atoms with van der Waals surface area (Å²) < 4.78 is 81.1. The fourth-order valence-corrected chi connectivity index (χ4v) is 9.59. The molecule has 402 valence electrons. The Balaban J connectivity index is 1.12. The minimum Gasteiger partial charge on any atom is -0.465 e. The Bertz CT molecular complexity index is 2750. The van der Waals surface area contributed by atoms with E-state index in [1.54, 1.807) is 7.11 Å². The van der Waals surface area contributed by atoms with Crippen LogP contribution in [-0.2, 0) is 108 Å². The van der Waals surface area contributed by atoms with Crippen LogP contribution >= 0.6 is 0 Å². The molecule has 7 aromatic rings. The van der Waals surface area contributed by atoms with E-state index < -0.39 is 66.9 Å². The molecule has 13 nitrogen and oxygen atoms in total. The van der Waals surface area contributed by atoms with Gasteiger partial charge in [0.05, 0.1) is 66.6 Å². The van der Waals surface area contributed by atoms with Crippen molar-refractivity contribution in [1.29, 1.82) is 0 Å². The van der Waals surface area contributed by atoms with E-state index in [9.17, 15) is 0 Å². The van der Waals surface area contributed by atoms with E-state index in [2.05, 4.69) is 0 Å². The van der Waals surface area contributed by atoms with Crippen LogP contribution in [0, 0.1) is 0 Å². The highest BCUT2D eigenvalue weighted by Crippen LogP contribution is 2.41. The Morgan fingerprint density at radius 1 is 0.390 bits per heavy atom. The predicted octanol–water partition coefficient (Wildman–Crippen LogP) is 10.4. The molecule has 0 spiro atoms. The molecule has 0 amide bonds. The molecule has 0 radical (unpaired) electrons. The quantitative estimate of drug-likeness (QED) is 0.0454. The first-order valence-corrected chi connectivity index (χ1v) is 26.1. The Morgan fingerprint density at radius 3 is 1.12 bits per heavy atom. The Kier molecular flexibility index (Phi) is 20.7. The number of carbonyl (C=O) groups is 1. The third-order valence-corrected chi connectivity index (χ3v) is 13.5. The molecule has 7 aromatic carbocycles. The maximum atomic E-state index is 15.2. The standard InChI is InChI=1S/C64H68O13/c1-66-62-60(73-43-52-34-20-8-21-35-52)58(71-41-50-30-16-6-17-31-50)56(69-39-48-26-12-4-13-27-48)54(76-62)46-75-64(63(65)67-2)61(74-44-53-36-22-9-23-37-53)59(72-42-51-32-18-7-19-33-51)57(70-40-49-28-14-5-15-29-49)55(77-64)45-68-38-47-24-10-3-11-25-47/h3-37,54-62H,38-46H2,1-2H3/t54-,55-,56-,57-,58+,59+,60-,61+,62+,64-/m1/s1. The molecule has 2 aliphatic heterocycles. The van der Waals surface area contributed by atoms with Crippen LogP contribution in [0.1, 0.15) is 38.9 Å². The first-order chi connectivity index (χ1) is 38.0. The van der Waals surface area contributed by atoms with Gasteiger partial charge in [-0.2, -0.15) is 0 Å². The normalized spacial score (nSPS) is 24.3. The highest BCUT2D eigenvalue weighted by atomic mass is 16.8. The smallest absolute Gasteiger partial charge is 0.369 e. The first-order valence-electron chi connectivity index (χ1n) is 26.1. The van der Waals surface area contributed by atoms with E-state index in [-0.39, 0.29) is 59.5 Å². The second kappa shape index (κ2) is 28.8. The molecule has 2 fully saturated rings. The lowest BCUT2D eigenvalue weighted by atomic mass is 9.90. The fourth-order valence-electron chi connectivity index (χ4n) is 9.59. The van der Waals surface area contributed by atoms with E-state index >= 15 is 4.79 Å². The molecule has 2 aliphatic rings. The summed E-state index contributed by atoms with van der Waals surface area (Å²) in [5, 5.41) is 0. The summed E-state index contributed by atoms with van der Waals surface area (Å²) in [7, 11) is 2.84. The second-order valence-electron chi connectivity index (χ2n) is 18.9. The number of ether oxygens (including phenoxy) is 12. The third-order valence-electron chi connectivity index (χ3n) is 13.5.